The minimum atomic E-state index is -0.387. The van der Waals surface area contributed by atoms with E-state index in [2.05, 4.69) is 11.3 Å². The fourth-order valence-electron chi connectivity index (χ4n) is 0.257. The lowest BCUT2D eigenvalue weighted by Gasteiger charge is -1.86. The van der Waals surface area contributed by atoms with E-state index in [9.17, 15) is 4.79 Å². The molecular formula is C6H11AlO2. The molecule has 9 heavy (non-hydrogen) atoms. The van der Waals surface area contributed by atoms with Gasteiger partial charge in [-0.25, -0.2) is 4.79 Å². The molecule has 3 heteroatoms. The predicted octanol–water partition coefficient (Wildman–Crippen LogP) is 0.0653. The number of esters is 1. The number of hydrogen-bond donors (Lipinski definition) is 0. The summed E-state index contributed by atoms with van der Waals surface area (Å²) in [5.41, 5.74) is 0. The number of rotatable bonds is 2. The summed E-state index contributed by atoms with van der Waals surface area (Å²) < 4.78 is 4.32. The van der Waals surface area contributed by atoms with Crippen LogP contribution in [-0.4, -0.2) is 23.3 Å². The van der Waals surface area contributed by atoms with Gasteiger partial charge in [-0.2, -0.15) is 0 Å². The van der Waals surface area contributed by atoms with Crippen molar-refractivity contribution in [1.82, 2.24) is 0 Å². The van der Waals surface area contributed by atoms with Crippen molar-refractivity contribution in [3.05, 3.63) is 25.0 Å². The van der Waals surface area contributed by atoms with Crippen LogP contribution in [0.2, 0.25) is 0 Å². The van der Waals surface area contributed by atoms with E-state index in [4.69, 9.17) is 0 Å². The van der Waals surface area contributed by atoms with E-state index in [1.165, 1.54) is 6.08 Å². The standard InChI is InChI=1S/C6H8O2.Al.3H/c1-3-5-6(7)8-4-2;;;;/h3-5H,2H2,1H3;;;;. The van der Waals surface area contributed by atoms with Gasteiger partial charge in [0.15, 0.2) is 17.4 Å². The Balaban J connectivity index is 0. The molecular weight excluding hydrogens is 131 g/mol. The van der Waals surface area contributed by atoms with Gasteiger partial charge in [0.1, 0.15) is 0 Å². The largest absolute Gasteiger partial charge is 0.432 e. The van der Waals surface area contributed by atoms with Crippen LogP contribution in [0.3, 0.4) is 0 Å². The van der Waals surface area contributed by atoms with Crippen LogP contribution in [0.5, 0.6) is 0 Å². The Morgan fingerprint density at radius 2 is 2.22 bits per heavy atom. The molecule has 0 aromatic carbocycles. The van der Waals surface area contributed by atoms with Gasteiger partial charge in [0, 0.05) is 6.08 Å². The first-order valence-electron chi connectivity index (χ1n) is 2.25. The molecule has 0 aliphatic rings. The SMILES string of the molecule is C=COC(=O)C=CC.[AlH3]. The van der Waals surface area contributed by atoms with Crippen molar-refractivity contribution in [1.29, 1.82) is 0 Å². The Bertz CT molecular complexity index is 118. The maximum absolute atomic E-state index is 10.3. The van der Waals surface area contributed by atoms with E-state index in [1.807, 2.05) is 0 Å². The molecule has 0 aliphatic heterocycles. The highest BCUT2D eigenvalue weighted by Gasteiger charge is 1.86. The third kappa shape index (κ3) is 7.48. The van der Waals surface area contributed by atoms with E-state index in [1.54, 1.807) is 13.0 Å². The molecule has 0 saturated carbocycles. The highest BCUT2D eigenvalue weighted by Crippen LogP contribution is 1.78. The van der Waals surface area contributed by atoms with Gasteiger partial charge in [-0.15, -0.1) is 0 Å². The molecule has 0 amide bonds. The van der Waals surface area contributed by atoms with Crippen LogP contribution < -0.4 is 0 Å². The zero-order valence-corrected chi connectivity index (χ0v) is 4.76. The summed E-state index contributed by atoms with van der Waals surface area (Å²) in [6, 6.07) is 0. The predicted molar refractivity (Wildman–Crippen MR) is 41.0 cm³/mol. The molecule has 0 unspecified atom stereocenters. The zero-order chi connectivity index (χ0) is 6.41. The van der Waals surface area contributed by atoms with Crippen molar-refractivity contribution in [2.45, 2.75) is 6.92 Å². The number of carbonyl (C=O) groups is 1. The third-order valence-electron chi connectivity index (χ3n) is 0.502. The van der Waals surface area contributed by atoms with Crippen LogP contribution in [0.1, 0.15) is 6.92 Å². The number of carbonyl (C=O) groups excluding carboxylic acids is 1. The summed E-state index contributed by atoms with van der Waals surface area (Å²) in [4.78, 5) is 10.3. The van der Waals surface area contributed by atoms with Crippen molar-refractivity contribution in [3.63, 3.8) is 0 Å². The summed E-state index contributed by atoms with van der Waals surface area (Å²) in [6.07, 6.45) is 4.02. The fraction of sp³-hybridized carbons (Fsp3) is 0.167. The molecule has 0 fully saturated rings. The van der Waals surface area contributed by atoms with Gasteiger partial charge in [0.25, 0.3) is 0 Å². The highest BCUT2D eigenvalue weighted by molar-refractivity contribution is 5.82. The summed E-state index contributed by atoms with van der Waals surface area (Å²) in [6.45, 7) is 4.95. The lowest BCUT2D eigenvalue weighted by atomic mass is 10.5. The molecule has 0 aliphatic carbocycles. The first-order valence-corrected chi connectivity index (χ1v) is 2.25. The Morgan fingerprint density at radius 3 is 2.56 bits per heavy atom. The van der Waals surface area contributed by atoms with E-state index < -0.39 is 0 Å². The number of allylic oxidation sites excluding steroid dienone is 1. The van der Waals surface area contributed by atoms with Crippen LogP contribution in [-0.2, 0) is 9.53 Å². The second kappa shape index (κ2) is 7.48. The minimum Gasteiger partial charge on any atom is -0.432 e. The van der Waals surface area contributed by atoms with E-state index >= 15 is 0 Å². The Morgan fingerprint density at radius 1 is 1.67 bits per heavy atom. The molecule has 0 bridgehead atoms. The van der Waals surface area contributed by atoms with Crippen molar-refractivity contribution < 1.29 is 9.53 Å². The van der Waals surface area contributed by atoms with Gasteiger partial charge in [-0.05, 0) is 6.92 Å². The van der Waals surface area contributed by atoms with Crippen LogP contribution in [0, 0.1) is 0 Å². The van der Waals surface area contributed by atoms with Crippen LogP contribution in [0.25, 0.3) is 0 Å². The monoisotopic (exact) mass is 142 g/mol. The van der Waals surface area contributed by atoms with Gasteiger partial charge < -0.3 is 4.74 Å². The van der Waals surface area contributed by atoms with Gasteiger partial charge in [0.05, 0.1) is 6.26 Å². The number of ether oxygens (including phenoxy) is 1. The molecule has 0 atom stereocenters. The molecule has 0 aromatic heterocycles. The normalized spacial score (nSPS) is 8.11. The van der Waals surface area contributed by atoms with E-state index in [0.29, 0.717) is 0 Å². The Hall–Kier alpha value is -0.518. The zero-order valence-electron chi connectivity index (χ0n) is 4.76. The quantitative estimate of drug-likeness (QED) is 0.236. The van der Waals surface area contributed by atoms with E-state index in [0.717, 1.165) is 6.26 Å². The van der Waals surface area contributed by atoms with Gasteiger partial charge in [-0.3, -0.25) is 0 Å². The maximum atomic E-state index is 10.3. The fourth-order valence-corrected chi connectivity index (χ4v) is 0.257. The molecule has 0 heterocycles. The van der Waals surface area contributed by atoms with Crippen molar-refractivity contribution in [3.8, 4) is 0 Å². The van der Waals surface area contributed by atoms with Gasteiger partial charge in [-0.1, -0.05) is 12.7 Å². The summed E-state index contributed by atoms with van der Waals surface area (Å²) in [5.74, 6) is -0.387. The third-order valence-corrected chi connectivity index (χ3v) is 0.502. The van der Waals surface area contributed by atoms with Crippen LogP contribution >= 0.6 is 0 Å². The summed E-state index contributed by atoms with van der Waals surface area (Å²) in [7, 11) is 0. The minimum absolute atomic E-state index is 0. The van der Waals surface area contributed by atoms with Crippen molar-refractivity contribution in [2.75, 3.05) is 0 Å². The number of hydrogen-bond acceptors (Lipinski definition) is 2. The molecule has 2 nitrogen and oxygen atoms in total. The van der Waals surface area contributed by atoms with Crippen molar-refractivity contribution in [2.24, 2.45) is 0 Å². The van der Waals surface area contributed by atoms with Crippen LogP contribution in [0.15, 0.2) is 25.0 Å². The molecule has 0 aromatic rings. The molecule has 50 valence electrons. The summed E-state index contributed by atoms with van der Waals surface area (Å²) in [5, 5.41) is 0. The van der Waals surface area contributed by atoms with Gasteiger partial charge >= 0.3 is 5.97 Å². The average molecular weight is 142 g/mol. The first kappa shape index (κ1) is 11.3. The highest BCUT2D eigenvalue weighted by atomic mass is 27.0. The lowest BCUT2D eigenvalue weighted by molar-refractivity contribution is -0.132. The molecule has 0 radical (unpaired) electrons. The molecule has 0 spiro atoms. The maximum Gasteiger partial charge on any atom is 0.335 e. The van der Waals surface area contributed by atoms with Crippen molar-refractivity contribution >= 4 is 23.3 Å². The van der Waals surface area contributed by atoms with E-state index in [-0.39, 0.29) is 23.3 Å². The Labute approximate surface area is 65.3 Å². The summed E-state index contributed by atoms with van der Waals surface area (Å²) >= 11 is 0. The molecule has 0 saturated heterocycles. The lowest BCUT2D eigenvalue weighted by Crippen LogP contribution is -1.91. The average Bonchev–Trinajstić information content (AvgIpc) is 1.68. The molecule has 0 rings (SSSR count). The smallest absolute Gasteiger partial charge is 0.335 e. The van der Waals surface area contributed by atoms with Crippen LogP contribution in [0.4, 0.5) is 0 Å². The topological polar surface area (TPSA) is 26.3 Å². The Kier molecular flexibility index (Phi) is 9.40. The second-order valence-corrected chi connectivity index (χ2v) is 1.10. The molecule has 0 N–H and O–H groups in total. The second-order valence-electron chi connectivity index (χ2n) is 1.10. The van der Waals surface area contributed by atoms with Gasteiger partial charge in [0.2, 0.25) is 0 Å². The first-order chi connectivity index (χ1) is 3.81.